The second-order valence-corrected chi connectivity index (χ2v) is 5.33. The predicted molar refractivity (Wildman–Crippen MR) is 80.5 cm³/mol. The van der Waals surface area contributed by atoms with E-state index in [1.165, 1.54) is 12.0 Å². The number of aryl methyl sites for hydroxylation is 1. The molecule has 0 aromatic heterocycles. The molecule has 0 aliphatic rings. The van der Waals surface area contributed by atoms with Crippen molar-refractivity contribution in [2.45, 2.75) is 26.8 Å². The molecule has 0 aliphatic heterocycles. The van der Waals surface area contributed by atoms with E-state index >= 15 is 0 Å². The summed E-state index contributed by atoms with van der Waals surface area (Å²) in [5, 5.41) is 0.612. The lowest BCUT2D eigenvalue weighted by atomic mass is 10.2. The number of nitrogens with zero attached hydrogens (tertiary/aromatic N) is 1. The Bertz CT molecular complexity index is 516. The summed E-state index contributed by atoms with van der Waals surface area (Å²) in [5.41, 5.74) is 0.847. The normalized spacial score (nSPS) is 10.4. The number of carbonyl (C=O) groups is 2. The third kappa shape index (κ3) is 5.27. The van der Waals surface area contributed by atoms with Crippen molar-refractivity contribution in [3.05, 3.63) is 28.8 Å². The Kier molecular flexibility index (Phi) is 6.49. The van der Waals surface area contributed by atoms with Gasteiger partial charge in [0.15, 0.2) is 6.61 Å². The topological polar surface area (TPSA) is 55.8 Å². The second kappa shape index (κ2) is 7.88. The van der Waals surface area contributed by atoms with Crippen LogP contribution in [0.15, 0.2) is 18.2 Å². The third-order valence-electron chi connectivity index (χ3n) is 2.96. The van der Waals surface area contributed by atoms with Gasteiger partial charge in [-0.1, -0.05) is 11.6 Å². The molecule has 0 fully saturated rings. The Hall–Kier alpha value is -1.75. The first-order valence-electron chi connectivity index (χ1n) is 6.60. The van der Waals surface area contributed by atoms with Crippen LogP contribution in [0.5, 0.6) is 5.75 Å². The molecule has 0 spiro atoms. The van der Waals surface area contributed by atoms with Crippen molar-refractivity contribution in [1.29, 1.82) is 0 Å². The number of benzene rings is 1. The molecule has 0 bridgehead atoms. The van der Waals surface area contributed by atoms with Crippen LogP contribution in [0.2, 0.25) is 5.02 Å². The van der Waals surface area contributed by atoms with Gasteiger partial charge in [0.2, 0.25) is 0 Å². The summed E-state index contributed by atoms with van der Waals surface area (Å²) in [6.07, 6.45) is 0. The molecule has 6 heteroatoms. The van der Waals surface area contributed by atoms with Crippen molar-refractivity contribution >= 4 is 23.5 Å². The summed E-state index contributed by atoms with van der Waals surface area (Å²) in [5.74, 6) is -0.140. The summed E-state index contributed by atoms with van der Waals surface area (Å²) in [7, 11) is 1.29. The SMILES string of the molecule is COC(=O)CN(C(=O)COc1ccc(Cl)cc1C)C(C)C. The zero-order valence-electron chi connectivity index (χ0n) is 12.7. The van der Waals surface area contributed by atoms with Crippen molar-refractivity contribution in [2.75, 3.05) is 20.3 Å². The van der Waals surface area contributed by atoms with Gasteiger partial charge in [-0.05, 0) is 44.5 Å². The van der Waals surface area contributed by atoms with Gasteiger partial charge in [0.25, 0.3) is 5.91 Å². The van der Waals surface area contributed by atoms with Crippen molar-refractivity contribution < 1.29 is 19.1 Å². The molecule has 21 heavy (non-hydrogen) atoms. The number of methoxy groups -OCH3 is 1. The number of esters is 1. The maximum absolute atomic E-state index is 12.2. The van der Waals surface area contributed by atoms with E-state index in [0.717, 1.165) is 5.56 Å². The van der Waals surface area contributed by atoms with E-state index in [-0.39, 0.29) is 25.1 Å². The van der Waals surface area contributed by atoms with E-state index in [0.29, 0.717) is 10.8 Å². The molecule has 0 heterocycles. The average molecular weight is 314 g/mol. The molecule has 1 rings (SSSR count). The fourth-order valence-electron chi connectivity index (χ4n) is 1.76. The van der Waals surface area contributed by atoms with Crippen LogP contribution in [-0.2, 0) is 14.3 Å². The average Bonchev–Trinajstić information content (AvgIpc) is 2.42. The zero-order chi connectivity index (χ0) is 16.0. The third-order valence-corrected chi connectivity index (χ3v) is 3.19. The van der Waals surface area contributed by atoms with Gasteiger partial charge in [-0.25, -0.2) is 0 Å². The molecule has 0 unspecified atom stereocenters. The highest BCUT2D eigenvalue weighted by Gasteiger charge is 2.21. The lowest BCUT2D eigenvalue weighted by Gasteiger charge is -2.25. The van der Waals surface area contributed by atoms with Crippen molar-refractivity contribution in [1.82, 2.24) is 4.90 Å². The largest absolute Gasteiger partial charge is 0.483 e. The molecule has 1 amide bonds. The molecule has 0 N–H and O–H groups in total. The van der Waals surface area contributed by atoms with Crippen LogP contribution in [0, 0.1) is 6.92 Å². The highest BCUT2D eigenvalue weighted by Crippen LogP contribution is 2.21. The van der Waals surface area contributed by atoms with E-state index in [1.807, 2.05) is 20.8 Å². The Labute approximate surface area is 129 Å². The van der Waals surface area contributed by atoms with Gasteiger partial charge in [0.1, 0.15) is 12.3 Å². The fraction of sp³-hybridized carbons (Fsp3) is 0.467. The second-order valence-electron chi connectivity index (χ2n) is 4.89. The van der Waals surface area contributed by atoms with Crippen LogP contribution in [0.3, 0.4) is 0 Å². The highest BCUT2D eigenvalue weighted by molar-refractivity contribution is 6.30. The number of carbonyl (C=O) groups excluding carboxylic acids is 2. The molecule has 5 nitrogen and oxygen atoms in total. The Balaban J connectivity index is 2.67. The fourth-order valence-corrected chi connectivity index (χ4v) is 1.99. The van der Waals surface area contributed by atoms with E-state index in [1.54, 1.807) is 18.2 Å². The van der Waals surface area contributed by atoms with Crippen LogP contribution < -0.4 is 4.74 Å². The van der Waals surface area contributed by atoms with Crippen LogP contribution in [-0.4, -0.2) is 43.1 Å². The molecule has 116 valence electrons. The first-order valence-corrected chi connectivity index (χ1v) is 6.98. The molecule has 1 aromatic carbocycles. The lowest BCUT2D eigenvalue weighted by molar-refractivity contribution is -0.149. The van der Waals surface area contributed by atoms with E-state index in [9.17, 15) is 9.59 Å². The minimum absolute atomic E-state index is 0.0873. The standard InChI is InChI=1S/C15H20ClNO4/c1-10(2)17(8-15(19)20-4)14(18)9-21-13-6-5-12(16)7-11(13)3/h5-7,10H,8-9H2,1-4H3. The highest BCUT2D eigenvalue weighted by atomic mass is 35.5. The van der Waals surface area contributed by atoms with E-state index < -0.39 is 5.97 Å². The first-order chi connectivity index (χ1) is 9.85. The number of rotatable bonds is 6. The maximum Gasteiger partial charge on any atom is 0.325 e. The Morgan fingerprint density at radius 3 is 2.52 bits per heavy atom. The summed E-state index contributed by atoms with van der Waals surface area (Å²) >= 11 is 5.86. The van der Waals surface area contributed by atoms with Crippen molar-refractivity contribution in [2.24, 2.45) is 0 Å². The summed E-state index contributed by atoms with van der Waals surface area (Å²) < 4.78 is 10.1. The first kappa shape index (κ1) is 17.3. The molecule has 0 saturated heterocycles. The van der Waals surface area contributed by atoms with Gasteiger partial charge in [-0.3, -0.25) is 9.59 Å². The number of halogens is 1. The van der Waals surface area contributed by atoms with Gasteiger partial charge < -0.3 is 14.4 Å². The van der Waals surface area contributed by atoms with Crippen LogP contribution in [0.4, 0.5) is 0 Å². The molecule has 0 aliphatic carbocycles. The number of amides is 1. The summed E-state index contributed by atoms with van der Waals surface area (Å²) in [6, 6.07) is 5.05. The van der Waals surface area contributed by atoms with Crippen LogP contribution in [0.1, 0.15) is 19.4 Å². The van der Waals surface area contributed by atoms with E-state index in [2.05, 4.69) is 4.74 Å². The van der Waals surface area contributed by atoms with Gasteiger partial charge in [0.05, 0.1) is 7.11 Å². The number of hydrogen-bond donors (Lipinski definition) is 0. The molecular weight excluding hydrogens is 294 g/mol. The van der Waals surface area contributed by atoms with Gasteiger partial charge in [0, 0.05) is 11.1 Å². The van der Waals surface area contributed by atoms with Crippen LogP contribution >= 0.6 is 11.6 Å². The predicted octanol–water partition coefficient (Wildman–Crippen LogP) is 2.44. The van der Waals surface area contributed by atoms with Gasteiger partial charge in [-0.2, -0.15) is 0 Å². The molecule has 1 aromatic rings. The van der Waals surface area contributed by atoms with Crippen molar-refractivity contribution in [3.8, 4) is 5.75 Å². The van der Waals surface area contributed by atoms with Gasteiger partial charge in [-0.15, -0.1) is 0 Å². The Morgan fingerprint density at radius 1 is 1.33 bits per heavy atom. The zero-order valence-corrected chi connectivity index (χ0v) is 13.4. The summed E-state index contributed by atoms with van der Waals surface area (Å²) in [6.45, 7) is 5.27. The number of ether oxygens (including phenoxy) is 2. The smallest absolute Gasteiger partial charge is 0.325 e. The minimum atomic E-state index is -0.459. The lowest BCUT2D eigenvalue weighted by Crippen LogP contribution is -2.43. The van der Waals surface area contributed by atoms with E-state index in [4.69, 9.17) is 16.3 Å². The van der Waals surface area contributed by atoms with Crippen molar-refractivity contribution in [3.63, 3.8) is 0 Å². The molecular formula is C15H20ClNO4. The molecule has 0 radical (unpaired) electrons. The monoisotopic (exact) mass is 313 g/mol. The number of hydrogen-bond acceptors (Lipinski definition) is 4. The maximum atomic E-state index is 12.2. The van der Waals surface area contributed by atoms with Gasteiger partial charge >= 0.3 is 5.97 Å². The quantitative estimate of drug-likeness (QED) is 0.757. The molecule has 0 atom stereocenters. The minimum Gasteiger partial charge on any atom is -0.483 e. The molecule has 0 saturated carbocycles. The Morgan fingerprint density at radius 2 is 2.00 bits per heavy atom. The van der Waals surface area contributed by atoms with Crippen LogP contribution in [0.25, 0.3) is 0 Å². The summed E-state index contributed by atoms with van der Waals surface area (Å²) in [4.78, 5) is 24.9.